The number of carbonyl (C=O) groups excluding carboxylic acids is 2. The summed E-state index contributed by atoms with van der Waals surface area (Å²) in [6.07, 6.45) is -0.343. The number of benzene rings is 2. The maximum Gasteiger partial charge on any atom is 0.282 e. The number of primary amides is 1. The molecular formula is C27H24F3N5O3. The van der Waals surface area contributed by atoms with E-state index in [2.05, 4.69) is 5.10 Å². The summed E-state index contributed by atoms with van der Waals surface area (Å²) < 4.78 is 45.9. The molecule has 0 spiro atoms. The Morgan fingerprint density at radius 3 is 2.34 bits per heavy atom. The van der Waals surface area contributed by atoms with Crippen LogP contribution in [-0.2, 0) is 4.79 Å². The van der Waals surface area contributed by atoms with E-state index >= 15 is 0 Å². The third kappa shape index (κ3) is 4.99. The van der Waals surface area contributed by atoms with Crippen molar-refractivity contribution in [3.05, 3.63) is 84.0 Å². The van der Waals surface area contributed by atoms with Crippen LogP contribution in [0, 0.1) is 0 Å². The predicted molar refractivity (Wildman–Crippen MR) is 134 cm³/mol. The summed E-state index contributed by atoms with van der Waals surface area (Å²) in [5, 5.41) is 3.04. The summed E-state index contributed by atoms with van der Waals surface area (Å²) in [6.45, 7) is 0.398. The molecule has 4 aromatic rings. The lowest BCUT2D eigenvalue weighted by molar-refractivity contribution is -0.129. The predicted octanol–water partition coefficient (Wildman–Crippen LogP) is 5.05. The summed E-state index contributed by atoms with van der Waals surface area (Å²) in [6, 6.07) is 16.5. The van der Waals surface area contributed by atoms with Gasteiger partial charge >= 0.3 is 0 Å². The number of aromatic nitrogens is 3. The van der Waals surface area contributed by atoms with E-state index in [4.69, 9.17) is 15.5 Å². The number of H-pyrrole nitrogens is 1. The number of allylic oxidation sites excluding steroid dienone is 1. The van der Waals surface area contributed by atoms with E-state index in [0.717, 1.165) is 5.56 Å². The average Bonchev–Trinajstić information content (AvgIpc) is 3.48. The van der Waals surface area contributed by atoms with Crippen molar-refractivity contribution in [3.8, 4) is 22.8 Å². The van der Waals surface area contributed by atoms with Gasteiger partial charge in [0.05, 0.1) is 0 Å². The molecule has 0 unspecified atom stereocenters. The second kappa shape index (κ2) is 10.4. The Labute approximate surface area is 215 Å². The number of para-hydroxylation sites is 1. The molecule has 0 atom stereocenters. The summed E-state index contributed by atoms with van der Waals surface area (Å²) in [4.78, 5) is 30.5. The van der Waals surface area contributed by atoms with E-state index in [-0.39, 0.29) is 30.8 Å². The van der Waals surface area contributed by atoms with Gasteiger partial charge in [-0.2, -0.15) is 0 Å². The van der Waals surface area contributed by atoms with Gasteiger partial charge in [-0.25, -0.2) is 22.7 Å². The van der Waals surface area contributed by atoms with Crippen molar-refractivity contribution in [2.75, 3.05) is 13.1 Å². The van der Waals surface area contributed by atoms with E-state index in [9.17, 15) is 22.8 Å². The highest BCUT2D eigenvalue weighted by atomic mass is 19.3. The van der Waals surface area contributed by atoms with Gasteiger partial charge in [-0.1, -0.05) is 18.2 Å². The second-order valence-electron chi connectivity index (χ2n) is 8.92. The fraction of sp³-hybridized carbons (Fsp3) is 0.222. The van der Waals surface area contributed by atoms with Gasteiger partial charge in [-0.3, -0.25) is 14.7 Å². The van der Waals surface area contributed by atoms with Gasteiger partial charge in [0.1, 0.15) is 17.2 Å². The number of imidazole rings is 1. The van der Waals surface area contributed by atoms with Crippen molar-refractivity contribution >= 4 is 17.5 Å². The molecule has 8 nitrogen and oxygen atoms in total. The number of hydrogen-bond acceptors (Lipinski definition) is 4. The molecule has 2 aromatic heterocycles. The maximum atomic E-state index is 13.7. The zero-order valence-corrected chi connectivity index (χ0v) is 20.1. The van der Waals surface area contributed by atoms with Crippen molar-refractivity contribution in [1.82, 2.24) is 19.5 Å². The van der Waals surface area contributed by atoms with E-state index < -0.39 is 24.1 Å². The number of amides is 2. The molecule has 0 bridgehead atoms. The molecule has 3 N–H and O–H groups in total. The van der Waals surface area contributed by atoms with Gasteiger partial charge in [-0.05, 0) is 55.2 Å². The Balaban J connectivity index is 1.37. The largest absolute Gasteiger partial charge is 0.457 e. The first kappa shape index (κ1) is 25.1. The first-order valence-corrected chi connectivity index (χ1v) is 12.0. The molecule has 1 aliphatic rings. The number of aromatic amines is 1. The molecule has 0 radical (unpaired) electrons. The van der Waals surface area contributed by atoms with Crippen molar-refractivity contribution in [2.45, 2.75) is 25.2 Å². The topological polar surface area (TPSA) is 106 Å². The quantitative estimate of drug-likeness (QED) is 0.331. The third-order valence-electron chi connectivity index (χ3n) is 6.52. The number of nitrogens with zero attached hydrogens (tertiary/aromatic N) is 3. The maximum absolute atomic E-state index is 13.7. The van der Waals surface area contributed by atoms with Crippen LogP contribution in [0.1, 0.15) is 34.8 Å². The highest BCUT2D eigenvalue weighted by molar-refractivity contribution is 5.98. The van der Waals surface area contributed by atoms with Gasteiger partial charge < -0.3 is 15.4 Å². The van der Waals surface area contributed by atoms with Crippen LogP contribution in [0.5, 0.6) is 11.5 Å². The standard InChI is InChI=1S/C27H24F3N5O3/c28-21(14-22(29)30)27(37)34-12-10-16(11-13-34)20-15-32-35-24(25(31)36)23(33-26(20)35)17-6-8-19(9-7-17)38-18-4-2-1-3-5-18/h1-9,14-16,22,32H,10-13H2,(H2,31,36). The highest BCUT2D eigenvalue weighted by Gasteiger charge is 2.30. The zero-order chi connectivity index (χ0) is 26.8. The minimum Gasteiger partial charge on any atom is -0.457 e. The van der Waals surface area contributed by atoms with Crippen molar-refractivity contribution in [3.63, 3.8) is 0 Å². The third-order valence-corrected chi connectivity index (χ3v) is 6.52. The van der Waals surface area contributed by atoms with E-state index in [1.54, 1.807) is 30.5 Å². The normalized spacial score (nSPS) is 14.8. The van der Waals surface area contributed by atoms with Crippen LogP contribution >= 0.6 is 0 Å². The van der Waals surface area contributed by atoms with E-state index in [1.807, 2.05) is 30.3 Å². The van der Waals surface area contributed by atoms with E-state index in [0.29, 0.717) is 41.2 Å². The Bertz CT molecular complexity index is 1490. The number of ether oxygens (including phenoxy) is 1. The fourth-order valence-corrected chi connectivity index (χ4v) is 4.70. The van der Waals surface area contributed by atoms with Crippen molar-refractivity contribution < 1.29 is 27.5 Å². The van der Waals surface area contributed by atoms with Crippen LogP contribution in [0.4, 0.5) is 13.2 Å². The Morgan fingerprint density at radius 2 is 1.71 bits per heavy atom. The Morgan fingerprint density at radius 1 is 1.05 bits per heavy atom. The SMILES string of the molecule is NC(=O)c1c(-c2ccc(Oc3ccccc3)cc2)nc2c(C3CCN(C(=O)C(F)=CC(F)F)CC3)c[nH]n12. The summed E-state index contributed by atoms with van der Waals surface area (Å²) in [5.41, 5.74) is 8.32. The van der Waals surface area contributed by atoms with Crippen LogP contribution in [0.3, 0.4) is 0 Å². The molecule has 196 valence electrons. The highest BCUT2D eigenvalue weighted by Crippen LogP contribution is 2.34. The van der Waals surface area contributed by atoms with Crippen LogP contribution in [0.15, 0.2) is 72.7 Å². The number of hydrogen-bond donors (Lipinski definition) is 2. The minimum absolute atomic E-state index is 0.0157. The molecule has 2 aromatic carbocycles. The number of carbonyl (C=O) groups is 2. The number of rotatable bonds is 7. The van der Waals surface area contributed by atoms with Crippen LogP contribution in [0.2, 0.25) is 0 Å². The molecule has 0 aliphatic carbocycles. The summed E-state index contributed by atoms with van der Waals surface area (Å²) in [5.74, 6) is -1.89. The number of nitrogens with two attached hydrogens (primary N) is 1. The van der Waals surface area contributed by atoms with Gasteiger partial charge in [0.15, 0.2) is 17.2 Å². The minimum atomic E-state index is -3.04. The molecule has 3 heterocycles. The lowest BCUT2D eigenvalue weighted by Gasteiger charge is -2.31. The lowest BCUT2D eigenvalue weighted by Crippen LogP contribution is -2.38. The van der Waals surface area contributed by atoms with Crippen molar-refractivity contribution in [2.24, 2.45) is 5.73 Å². The van der Waals surface area contributed by atoms with Crippen LogP contribution in [-0.4, -0.2) is 50.8 Å². The second-order valence-corrected chi connectivity index (χ2v) is 8.92. The van der Waals surface area contributed by atoms with Gasteiger partial charge in [0.2, 0.25) is 0 Å². The number of alkyl halides is 2. The first-order chi connectivity index (χ1) is 18.3. The molecule has 1 fully saturated rings. The van der Waals surface area contributed by atoms with E-state index in [1.165, 1.54) is 9.42 Å². The molecular weight excluding hydrogens is 499 g/mol. The first-order valence-electron chi connectivity index (χ1n) is 12.0. The van der Waals surface area contributed by atoms with Gasteiger partial charge in [-0.15, -0.1) is 0 Å². The number of likely N-dealkylation sites (tertiary alicyclic amines) is 1. The van der Waals surface area contributed by atoms with Crippen LogP contribution < -0.4 is 10.5 Å². The molecule has 1 aliphatic heterocycles. The molecule has 38 heavy (non-hydrogen) atoms. The Hall–Kier alpha value is -4.54. The summed E-state index contributed by atoms with van der Waals surface area (Å²) >= 11 is 0. The van der Waals surface area contributed by atoms with Gasteiger partial charge in [0, 0.05) is 36.5 Å². The molecule has 1 saturated heterocycles. The Kier molecular flexibility index (Phi) is 6.91. The molecule has 11 heteroatoms. The number of nitrogens with one attached hydrogen (secondary N) is 1. The van der Waals surface area contributed by atoms with Crippen molar-refractivity contribution in [1.29, 1.82) is 0 Å². The number of halogens is 3. The van der Waals surface area contributed by atoms with Gasteiger partial charge in [0.25, 0.3) is 18.2 Å². The average molecular weight is 524 g/mol. The number of piperidine rings is 1. The molecule has 5 rings (SSSR count). The smallest absolute Gasteiger partial charge is 0.282 e. The summed E-state index contributed by atoms with van der Waals surface area (Å²) in [7, 11) is 0. The molecule has 0 saturated carbocycles. The lowest BCUT2D eigenvalue weighted by atomic mass is 9.91. The fourth-order valence-electron chi connectivity index (χ4n) is 4.70. The number of fused-ring (bicyclic) bond motifs is 1. The van der Waals surface area contributed by atoms with Crippen LogP contribution in [0.25, 0.3) is 16.9 Å². The zero-order valence-electron chi connectivity index (χ0n) is 20.1. The molecule has 2 amide bonds. The monoisotopic (exact) mass is 523 g/mol.